The minimum absolute atomic E-state index is 0.188. The fourth-order valence-electron chi connectivity index (χ4n) is 2.47. The van der Waals surface area contributed by atoms with E-state index in [-0.39, 0.29) is 19.3 Å². The minimum atomic E-state index is -1.43. The molecule has 0 aliphatic carbocycles. The van der Waals surface area contributed by atoms with E-state index in [0.717, 1.165) is 5.56 Å². The van der Waals surface area contributed by atoms with Crippen LogP contribution in [0.25, 0.3) is 0 Å². The first kappa shape index (κ1) is 23.6. The normalized spacial score (nSPS) is 13.6. The minimum Gasteiger partial charge on any atom is -0.480 e. The molecule has 9 N–H and O–H groups in total. The van der Waals surface area contributed by atoms with Gasteiger partial charge in [0.15, 0.2) is 0 Å². The van der Waals surface area contributed by atoms with Gasteiger partial charge >= 0.3 is 5.97 Å². The van der Waals surface area contributed by atoms with Crippen LogP contribution in [0.4, 0.5) is 0 Å². The maximum absolute atomic E-state index is 12.4. The first-order valence-electron chi connectivity index (χ1n) is 8.79. The van der Waals surface area contributed by atoms with Gasteiger partial charge in [-0.15, -0.1) is 0 Å². The number of hydrogen-bond donors (Lipinski definition) is 6. The molecule has 11 heteroatoms. The fraction of sp³-hybridized carbons (Fsp3) is 0.389. The van der Waals surface area contributed by atoms with E-state index in [2.05, 4.69) is 10.6 Å². The zero-order valence-corrected chi connectivity index (χ0v) is 15.7. The van der Waals surface area contributed by atoms with Gasteiger partial charge < -0.3 is 32.9 Å². The molecule has 0 bridgehead atoms. The van der Waals surface area contributed by atoms with Crippen molar-refractivity contribution >= 4 is 29.6 Å². The topological polar surface area (TPSA) is 208 Å². The Kier molecular flexibility index (Phi) is 9.26. The summed E-state index contributed by atoms with van der Waals surface area (Å²) in [6.45, 7) is 0. The third-order valence-corrected chi connectivity index (χ3v) is 3.97. The predicted molar refractivity (Wildman–Crippen MR) is 102 cm³/mol. The van der Waals surface area contributed by atoms with Crippen LogP contribution in [0.15, 0.2) is 30.3 Å². The molecule has 1 aromatic carbocycles. The second-order valence-electron chi connectivity index (χ2n) is 6.43. The van der Waals surface area contributed by atoms with Crippen LogP contribution in [-0.4, -0.2) is 52.8 Å². The number of benzene rings is 1. The van der Waals surface area contributed by atoms with Gasteiger partial charge in [-0.25, -0.2) is 4.79 Å². The number of carbonyl (C=O) groups excluding carboxylic acids is 4. The molecule has 3 unspecified atom stereocenters. The number of rotatable bonds is 12. The summed E-state index contributed by atoms with van der Waals surface area (Å²) in [6, 6.07) is 5.05. The molecule has 0 saturated heterocycles. The van der Waals surface area contributed by atoms with Crippen molar-refractivity contribution in [1.82, 2.24) is 10.6 Å². The molecule has 0 saturated carbocycles. The third-order valence-electron chi connectivity index (χ3n) is 3.97. The van der Waals surface area contributed by atoms with Gasteiger partial charge in [-0.2, -0.15) is 0 Å². The largest absolute Gasteiger partial charge is 0.480 e. The van der Waals surface area contributed by atoms with Gasteiger partial charge in [0.2, 0.25) is 23.6 Å². The predicted octanol–water partition coefficient (Wildman–Crippen LogP) is -2.25. The van der Waals surface area contributed by atoms with Crippen molar-refractivity contribution in [3.8, 4) is 0 Å². The summed E-state index contributed by atoms with van der Waals surface area (Å²) in [5.74, 6) is -4.67. The molecule has 0 aliphatic heterocycles. The second kappa shape index (κ2) is 11.4. The van der Waals surface area contributed by atoms with E-state index >= 15 is 0 Å². The van der Waals surface area contributed by atoms with Crippen molar-refractivity contribution in [2.75, 3.05) is 0 Å². The summed E-state index contributed by atoms with van der Waals surface area (Å²) in [4.78, 5) is 58.1. The lowest BCUT2D eigenvalue weighted by Crippen LogP contribution is -2.55. The van der Waals surface area contributed by atoms with Crippen LogP contribution in [0.2, 0.25) is 0 Å². The molecule has 0 aliphatic rings. The number of nitrogens with one attached hydrogen (secondary N) is 2. The SMILES string of the molecule is NC(=O)CCC(NC(=O)C(CC(N)=O)NC(=O)C(N)Cc1ccccc1)C(=O)O. The number of hydrogen-bond acceptors (Lipinski definition) is 6. The molecule has 1 aromatic rings. The van der Waals surface area contributed by atoms with E-state index in [9.17, 15) is 24.0 Å². The number of aliphatic carboxylic acids is 1. The number of carbonyl (C=O) groups is 5. The smallest absolute Gasteiger partial charge is 0.326 e. The number of carboxylic acids is 1. The lowest BCUT2D eigenvalue weighted by Gasteiger charge is -2.22. The summed E-state index contributed by atoms with van der Waals surface area (Å²) in [7, 11) is 0. The van der Waals surface area contributed by atoms with E-state index in [1.54, 1.807) is 30.3 Å². The first-order chi connectivity index (χ1) is 13.6. The summed E-state index contributed by atoms with van der Waals surface area (Å²) >= 11 is 0. The van der Waals surface area contributed by atoms with Crippen molar-refractivity contribution < 1.29 is 29.1 Å². The zero-order valence-electron chi connectivity index (χ0n) is 15.7. The Labute approximate surface area is 167 Å². The van der Waals surface area contributed by atoms with Crippen molar-refractivity contribution in [3.05, 3.63) is 35.9 Å². The van der Waals surface area contributed by atoms with Gasteiger partial charge in [0.25, 0.3) is 0 Å². The molecule has 11 nitrogen and oxygen atoms in total. The van der Waals surface area contributed by atoms with Gasteiger partial charge in [-0.3, -0.25) is 19.2 Å². The average Bonchev–Trinajstić information content (AvgIpc) is 2.64. The van der Waals surface area contributed by atoms with Crippen LogP contribution in [0, 0.1) is 0 Å². The molecule has 4 amide bonds. The van der Waals surface area contributed by atoms with E-state index in [4.69, 9.17) is 22.3 Å². The molecule has 1 rings (SSSR count). The summed E-state index contributed by atoms with van der Waals surface area (Å²) in [6.07, 6.45) is -0.890. The monoisotopic (exact) mass is 407 g/mol. The molecule has 29 heavy (non-hydrogen) atoms. The molecule has 3 atom stereocenters. The molecule has 0 radical (unpaired) electrons. The van der Waals surface area contributed by atoms with Crippen LogP contribution >= 0.6 is 0 Å². The highest BCUT2D eigenvalue weighted by molar-refractivity contribution is 5.94. The van der Waals surface area contributed by atoms with Crippen LogP contribution in [0.1, 0.15) is 24.8 Å². The van der Waals surface area contributed by atoms with Crippen LogP contribution in [0.3, 0.4) is 0 Å². The van der Waals surface area contributed by atoms with Crippen molar-refractivity contribution in [2.24, 2.45) is 17.2 Å². The quantitative estimate of drug-likeness (QED) is 0.224. The van der Waals surface area contributed by atoms with E-state index in [1.165, 1.54) is 0 Å². The second-order valence-corrected chi connectivity index (χ2v) is 6.43. The average molecular weight is 407 g/mol. The molecule has 0 aromatic heterocycles. The van der Waals surface area contributed by atoms with Crippen molar-refractivity contribution in [2.45, 2.75) is 43.8 Å². The first-order valence-corrected chi connectivity index (χ1v) is 8.79. The van der Waals surface area contributed by atoms with Crippen molar-refractivity contribution in [1.29, 1.82) is 0 Å². The molecule has 0 heterocycles. The number of nitrogens with two attached hydrogens (primary N) is 3. The Bertz CT molecular complexity index is 754. The molecular formula is C18H25N5O6. The van der Waals surface area contributed by atoms with Crippen molar-refractivity contribution in [3.63, 3.8) is 0 Å². The van der Waals surface area contributed by atoms with Gasteiger partial charge in [-0.1, -0.05) is 30.3 Å². The number of primary amides is 2. The Morgan fingerprint density at radius 3 is 2.00 bits per heavy atom. The fourth-order valence-corrected chi connectivity index (χ4v) is 2.47. The van der Waals surface area contributed by atoms with E-state index < -0.39 is 54.1 Å². The lowest BCUT2D eigenvalue weighted by atomic mass is 10.0. The summed E-state index contributed by atoms with van der Waals surface area (Å²) in [5.41, 5.74) is 16.7. The third kappa shape index (κ3) is 8.84. The number of carboxylic acid groups (broad SMARTS) is 1. The van der Waals surface area contributed by atoms with Crippen LogP contribution in [0.5, 0.6) is 0 Å². The van der Waals surface area contributed by atoms with E-state index in [1.807, 2.05) is 0 Å². The molecule has 0 spiro atoms. The Hall–Kier alpha value is -3.47. The lowest BCUT2D eigenvalue weighted by molar-refractivity contribution is -0.142. The van der Waals surface area contributed by atoms with Gasteiger partial charge in [-0.05, 0) is 18.4 Å². The Balaban J connectivity index is 2.79. The highest BCUT2D eigenvalue weighted by atomic mass is 16.4. The molecule has 158 valence electrons. The van der Waals surface area contributed by atoms with Crippen LogP contribution in [-0.2, 0) is 30.4 Å². The van der Waals surface area contributed by atoms with Gasteiger partial charge in [0, 0.05) is 6.42 Å². The summed E-state index contributed by atoms with van der Waals surface area (Å²) < 4.78 is 0. The zero-order chi connectivity index (χ0) is 22.0. The number of amides is 4. The van der Waals surface area contributed by atoms with Gasteiger partial charge in [0.05, 0.1) is 12.5 Å². The molecular weight excluding hydrogens is 382 g/mol. The van der Waals surface area contributed by atoms with Gasteiger partial charge in [0.1, 0.15) is 12.1 Å². The Morgan fingerprint density at radius 1 is 0.897 bits per heavy atom. The Morgan fingerprint density at radius 2 is 1.48 bits per heavy atom. The van der Waals surface area contributed by atoms with Crippen LogP contribution < -0.4 is 27.8 Å². The van der Waals surface area contributed by atoms with E-state index in [0.29, 0.717) is 0 Å². The maximum atomic E-state index is 12.4. The molecule has 0 fully saturated rings. The highest BCUT2D eigenvalue weighted by Gasteiger charge is 2.29. The highest BCUT2D eigenvalue weighted by Crippen LogP contribution is 2.04. The summed E-state index contributed by atoms with van der Waals surface area (Å²) in [5, 5.41) is 13.6. The standard InChI is InChI=1S/C18H25N5O6/c19-11(8-10-4-2-1-3-5-10)16(26)23-13(9-15(21)25)17(27)22-12(18(28)29)6-7-14(20)24/h1-5,11-13H,6-9,19H2,(H2,20,24)(H2,21,25)(H,22,27)(H,23,26)(H,28,29). The maximum Gasteiger partial charge on any atom is 0.326 e.